The van der Waals surface area contributed by atoms with Gasteiger partial charge < -0.3 is 4.74 Å². The molecule has 110 valence electrons. The number of alkyl halides is 3. The normalized spacial score (nSPS) is 15.5. The van der Waals surface area contributed by atoms with Crippen molar-refractivity contribution in [2.75, 3.05) is 6.61 Å². The minimum Gasteiger partial charge on any atom is -0.376 e. The number of hydrogen-bond acceptors (Lipinski definition) is 5. The van der Waals surface area contributed by atoms with Crippen LogP contribution in [0.5, 0.6) is 0 Å². The van der Waals surface area contributed by atoms with Gasteiger partial charge in [-0.3, -0.25) is 5.84 Å². The highest BCUT2D eigenvalue weighted by atomic mass is 32.1. The Labute approximate surface area is 114 Å². The number of rotatable bonds is 7. The molecule has 4 nitrogen and oxygen atoms in total. The van der Waals surface area contributed by atoms with Crippen LogP contribution >= 0.6 is 11.3 Å². The Morgan fingerprint density at radius 2 is 2.16 bits per heavy atom. The van der Waals surface area contributed by atoms with E-state index in [1.807, 2.05) is 13.8 Å². The second-order valence-corrected chi connectivity index (χ2v) is 5.05. The second-order valence-electron chi connectivity index (χ2n) is 3.99. The molecule has 1 aromatic heterocycles. The summed E-state index contributed by atoms with van der Waals surface area (Å²) in [5.74, 6) is 5.45. The van der Waals surface area contributed by atoms with Gasteiger partial charge in [-0.2, -0.15) is 13.2 Å². The summed E-state index contributed by atoms with van der Waals surface area (Å²) in [6.45, 7) is 4.30. The highest BCUT2D eigenvalue weighted by Crippen LogP contribution is 2.35. The molecule has 0 aliphatic rings. The number of hydrogen-bond donors (Lipinski definition) is 2. The largest absolute Gasteiger partial charge is 0.443 e. The van der Waals surface area contributed by atoms with Crippen LogP contribution in [0.2, 0.25) is 0 Å². The predicted molar refractivity (Wildman–Crippen MR) is 67.5 cm³/mol. The number of aromatic nitrogens is 1. The monoisotopic (exact) mass is 297 g/mol. The van der Waals surface area contributed by atoms with Gasteiger partial charge in [0.05, 0.1) is 12.1 Å². The molecule has 2 atom stereocenters. The highest BCUT2D eigenvalue weighted by molar-refractivity contribution is 7.11. The number of nitrogens with zero attached hydrogens (tertiary/aromatic N) is 1. The van der Waals surface area contributed by atoms with Crippen molar-refractivity contribution in [3.05, 3.63) is 16.1 Å². The van der Waals surface area contributed by atoms with Crippen LogP contribution in [0, 0.1) is 0 Å². The van der Waals surface area contributed by atoms with Crippen molar-refractivity contribution in [2.24, 2.45) is 5.84 Å². The summed E-state index contributed by atoms with van der Waals surface area (Å²) in [5.41, 5.74) is 2.53. The fourth-order valence-electron chi connectivity index (χ4n) is 1.78. The van der Waals surface area contributed by atoms with E-state index < -0.39 is 17.2 Å². The van der Waals surface area contributed by atoms with Crippen LogP contribution in [0.4, 0.5) is 13.2 Å². The van der Waals surface area contributed by atoms with Crippen molar-refractivity contribution >= 4 is 11.3 Å². The van der Waals surface area contributed by atoms with Crippen LogP contribution in [0.25, 0.3) is 0 Å². The number of halogens is 3. The van der Waals surface area contributed by atoms with Gasteiger partial charge in [0.2, 0.25) is 0 Å². The van der Waals surface area contributed by atoms with Crippen molar-refractivity contribution in [3.8, 4) is 0 Å². The van der Waals surface area contributed by atoms with E-state index in [-0.39, 0.29) is 6.10 Å². The molecule has 0 amide bonds. The van der Waals surface area contributed by atoms with Gasteiger partial charge in [0.1, 0.15) is 0 Å². The molecule has 19 heavy (non-hydrogen) atoms. The molecule has 0 aliphatic heterocycles. The van der Waals surface area contributed by atoms with Crippen molar-refractivity contribution < 1.29 is 17.9 Å². The summed E-state index contributed by atoms with van der Waals surface area (Å²) < 4.78 is 43.1. The minimum atomic E-state index is -4.42. The Morgan fingerprint density at radius 3 is 2.58 bits per heavy atom. The van der Waals surface area contributed by atoms with Crippen molar-refractivity contribution in [3.63, 3.8) is 0 Å². The van der Waals surface area contributed by atoms with E-state index >= 15 is 0 Å². The standard InChI is InChI=1S/C11H18F3N3OS/c1-3-5-7(18-4-2)9(17-15)8-6-16-10(19-8)11(12,13)14/h6-7,9,17H,3-5,15H2,1-2H3. The second kappa shape index (κ2) is 7.18. The Balaban J connectivity index is 2.91. The Morgan fingerprint density at radius 1 is 1.47 bits per heavy atom. The summed E-state index contributed by atoms with van der Waals surface area (Å²) in [7, 11) is 0. The average molecular weight is 297 g/mol. The topological polar surface area (TPSA) is 60.2 Å². The number of nitrogens with one attached hydrogen (secondary N) is 1. The first kappa shape index (κ1) is 16.4. The van der Waals surface area contributed by atoms with Gasteiger partial charge in [-0.15, -0.1) is 11.3 Å². The zero-order chi connectivity index (χ0) is 14.5. The lowest BCUT2D eigenvalue weighted by molar-refractivity contribution is -0.137. The van der Waals surface area contributed by atoms with Gasteiger partial charge in [-0.1, -0.05) is 13.3 Å². The van der Waals surface area contributed by atoms with Gasteiger partial charge in [0.25, 0.3) is 0 Å². The molecule has 0 radical (unpaired) electrons. The molecule has 0 spiro atoms. The average Bonchev–Trinajstić information content (AvgIpc) is 2.80. The molecule has 1 heterocycles. The molecule has 0 bridgehead atoms. The van der Waals surface area contributed by atoms with E-state index in [0.29, 0.717) is 29.2 Å². The zero-order valence-corrected chi connectivity index (χ0v) is 11.6. The number of hydrazine groups is 1. The van der Waals surface area contributed by atoms with Gasteiger partial charge in [0.15, 0.2) is 5.01 Å². The Hall–Kier alpha value is -0.700. The first-order chi connectivity index (χ1) is 8.93. The van der Waals surface area contributed by atoms with E-state index in [1.54, 1.807) is 0 Å². The maximum atomic E-state index is 12.5. The van der Waals surface area contributed by atoms with Crippen LogP contribution in [0.15, 0.2) is 6.20 Å². The lowest BCUT2D eigenvalue weighted by atomic mass is 10.1. The molecule has 0 saturated carbocycles. The molecule has 1 aromatic rings. The van der Waals surface area contributed by atoms with Gasteiger partial charge in [-0.25, -0.2) is 10.4 Å². The van der Waals surface area contributed by atoms with Crippen LogP contribution in [0.3, 0.4) is 0 Å². The lowest BCUT2D eigenvalue weighted by Crippen LogP contribution is -2.37. The van der Waals surface area contributed by atoms with E-state index in [2.05, 4.69) is 10.4 Å². The maximum absolute atomic E-state index is 12.5. The maximum Gasteiger partial charge on any atom is 0.443 e. The number of thiazole rings is 1. The molecular weight excluding hydrogens is 279 g/mol. The smallest absolute Gasteiger partial charge is 0.376 e. The fraction of sp³-hybridized carbons (Fsp3) is 0.727. The van der Waals surface area contributed by atoms with Crippen LogP contribution in [-0.4, -0.2) is 17.7 Å². The van der Waals surface area contributed by atoms with Crippen molar-refractivity contribution in [1.29, 1.82) is 0 Å². The van der Waals surface area contributed by atoms with Crippen LogP contribution in [-0.2, 0) is 10.9 Å². The molecular formula is C11H18F3N3OS. The van der Waals surface area contributed by atoms with E-state index in [4.69, 9.17) is 10.6 Å². The van der Waals surface area contributed by atoms with E-state index in [1.165, 1.54) is 6.20 Å². The predicted octanol–water partition coefficient (Wildman–Crippen LogP) is 2.87. The Bertz CT molecular complexity index is 378. The lowest BCUT2D eigenvalue weighted by Gasteiger charge is -2.25. The van der Waals surface area contributed by atoms with Crippen molar-refractivity contribution in [2.45, 2.75) is 45.0 Å². The van der Waals surface area contributed by atoms with E-state index in [0.717, 1.165) is 6.42 Å². The molecule has 0 aliphatic carbocycles. The van der Waals surface area contributed by atoms with Crippen molar-refractivity contribution in [1.82, 2.24) is 10.4 Å². The van der Waals surface area contributed by atoms with E-state index in [9.17, 15) is 13.2 Å². The first-order valence-corrected chi connectivity index (χ1v) is 6.86. The molecule has 0 aromatic carbocycles. The zero-order valence-electron chi connectivity index (χ0n) is 10.8. The summed E-state index contributed by atoms with van der Waals surface area (Å²) >= 11 is 0.594. The minimum absolute atomic E-state index is 0.262. The fourth-order valence-corrected chi connectivity index (χ4v) is 2.68. The SMILES string of the molecule is CCCC(OCC)C(NN)c1cnc(C(F)(F)F)s1. The summed E-state index contributed by atoms with van der Waals surface area (Å²) in [6.07, 6.45) is -1.91. The van der Waals surface area contributed by atoms with Gasteiger partial charge in [0, 0.05) is 17.7 Å². The molecule has 3 N–H and O–H groups in total. The third-order valence-electron chi connectivity index (χ3n) is 2.58. The molecule has 1 rings (SSSR count). The van der Waals surface area contributed by atoms with Gasteiger partial charge >= 0.3 is 6.18 Å². The first-order valence-electron chi connectivity index (χ1n) is 6.04. The highest BCUT2D eigenvalue weighted by Gasteiger charge is 2.36. The molecule has 2 unspecified atom stereocenters. The van der Waals surface area contributed by atoms with Crippen LogP contribution in [0.1, 0.15) is 42.6 Å². The van der Waals surface area contributed by atoms with Crippen LogP contribution < -0.4 is 11.3 Å². The summed E-state index contributed by atoms with van der Waals surface area (Å²) in [5, 5.41) is -0.866. The molecule has 0 fully saturated rings. The molecule has 0 saturated heterocycles. The number of nitrogens with two attached hydrogens (primary N) is 1. The Kier molecular flexibility index (Phi) is 6.18. The number of ether oxygens (including phenoxy) is 1. The quantitative estimate of drug-likeness (QED) is 0.600. The molecule has 8 heteroatoms. The summed E-state index contributed by atoms with van der Waals surface area (Å²) in [4.78, 5) is 3.83. The third kappa shape index (κ3) is 4.41. The summed E-state index contributed by atoms with van der Waals surface area (Å²) in [6, 6.07) is -0.478. The third-order valence-corrected chi connectivity index (χ3v) is 3.70. The van der Waals surface area contributed by atoms with Gasteiger partial charge in [-0.05, 0) is 13.3 Å².